The minimum Gasteiger partial charge on any atom is -0.399 e. The van der Waals surface area contributed by atoms with E-state index >= 15 is 0 Å². The van der Waals surface area contributed by atoms with Gasteiger partial charge in [0.1, 0.15) is 5.78 Å². The normalized spacial score (nSPS) is 9.92. The van der Waals surface area contributed by atoms with Crippen LogP contribution in [0.4, 0.5) is 5.69 Å². The van der Waals surface area contributed by atoms with Gasteiger partial charge < -0.3 is 5.73 Å². The molecule has 0 amide bonds. The maximum absolute atomic E-state index is 10.9. The van der Waals surface area contributed by atoms with E-state index in [2.05, 4.69) is 0 Å². The third kappa shape index (κ3) is 3.47. The van der Waals surface area contributed by atoms with Gasteiger partial charge in [-0.3, -0.25) is 4.79 Å². The van der Waals surface area contributed by atoms with Crippen LogP contribution in [0.25, 0.3) is 0 Å². The average molecular weight is 198 g/mol. The summed E-state index contributed by atoms with van der Waals surface area (Å²) in [6, 6.07) is 7.52. The van der Waals surface area contributed by atoms with Crippen LogP contribution in [0.5, 0.6) is 0 Å². The molecule has 0 heterocycles. The van der Waals surface area contributed by atoms with Crippen LogP contribution in [0.15, 0.2) is 24.3 Å². The molecular formula is C10H12ClNO. The van der Waals surface area contributed by atoms with Crippen molar-refractivity contribution in [2.75, 3.05) is 11.6 Å². The second-order valence-corrected chi connectivity index (χ2v) is 3.18. The third-order valence-corrected chi connectivity index (χ3v) is 2.12. The van der Waals surface area contributed by atoms with Gasteiger partial charge in [0.15, 0.2) is 0 Å². The Labute approximate surface area is 82.7 Å². The lowest BCUT2D eigenvalue weighted by Gasteiger charge is -1.99. The molecule has 3 heteroatoms. The van der Waals surface area contributed by atoms with Crippen molar-refractivity contribution in [3.8, 4) is 0 Å². The highest BCUT2D eigenvalue weighted by Crippen LogP contribution is 2.07. The summed E-state index contributed by atoms with van der Waals surface area (Å²) >= 11 is 5.37. The molecule has 13 heavy (non-hydrogen) atoms. The Kier molecular flexibility index (Phi) is 3.77. The van der Waals surface area contributed by atoms with Gasteiger partial charge in [0, 0.05) is 12.1 Å². The number of Topliss-reactive ketones (excluding diaryl/α,β-unsaturated/α-hetero) is 1. The molecule has 0 radical (unpaired) electrons. The number of alkyl halides is 1. The fraction of sp³-hybridized carbons (Fsp3) is 0.300. The highest BCUT2D eigenvalue weighted by Gasteiger charge is 1.99. The number of halogens is 1. The van der Waals surface area contributed by atoms with Gasteiger partial charge in [-0.1, -0.05) is 12.1 Å². The van der Waals surface area contributed by atoms with Gasteiger partial charge in [-0.15, -0.1) is 11.6 Å². The van der Waals surface area contributed by atoms with Crippen molar-refractivity contribution in [1.82, 2.24) is 0 Å². The van der Waals surface area contributed by atoms with E-state index < -0.39 is 0 Å². The van der Waals surface area contributed by atoms with Gasteiger partial charge in [-0.25, -0.2) is 0 Å². The van der Waals surface area contributed by atoms with Crippen LogP contribution < -0.4 is 5.73 Å². The van der Waals surface area contributed by atoms with E-state index in [1.165, 1.54) is 0 Å². The Balaban J connectivity index is 2.46. The summed E-state index contributed by atoms with van der Waals surface area (Å²) < 4.78 is 0. The Bertz CT molecular complexity index is 281. The van der Waals surface area contributed by atoms with Gasteiger partial charge in [0.2, 0.25) is 0 Å². The van der Waals surface area contributed by atoms with Crippen LogP contribution >= 0.6 is 11.6 Å². The third-order valence-electron chi connectivity index (χ3n) is 1.82. The first kappa shape index (κ1) is 10.1. The minimum atomic E-state index is 0.0819. The molecule has 2 N–H and O–H groups in total. The number of carbonyl (C=O) groups is 1. The molecule has 1 aromatic rings. The van der Waals surface area contributed by atoms with E-state index in [0.717, 1.165) is 17.7 Å². The van der Waals surface area contributed by atoms with Crippen molar-refractivity contribution >= 4 is 23.1 Å². The number of hydrogen-bond acceptors (Lipinski definition) is 2. The van der Waals surface area contributed by atoms with Gasteiger partial charge in [0.05, 0.1) is 5.88 Å². The highest BCUT2D eigenvalue weighted by atomic mass is 35.5. The number of nitrogen functional groups attached to an aromatic ring is 1. The molecule has 0 fully saturated rings. The van der Waals surface area contributed by atoms with Crippen LogP contribution in [0, 0.1) is 0 Å². The maximum atomic E-state index is 10.9. The minimum absolute atomic E-state index is 0.0819. The number of aryl methyl sites for hydroxylation is 1. The van der Waals surface area contributed by atoms with Crippen LogP contribution in [-0.4, -0.2) is 11.7 Å². The number of nitrogens with two attached hydrogens (primary N) is 1. The molecule has 1 aromatic carbocycles. The Morgan fingerprint density at radius 1 is 1.31 bits per heavy atom. The van der Waals surface area contributed by atoms with Crippen LogP contribution in [0.3, 0.4) is 0 Å². The lowest BCUT2D eigenvalue weighted by Crippen LogP contribution is -2.01. The zero-order valence-corrected chi connectivity index (χ0v) is 8.05. The van der Waals surface area contributed by atoms with Crippen molar-refractivity contribution in [2.45, 2.75) is 12.8 Å². The lowest BCUT2D eigenvalue weighted by molar-refractivity contribution is -0.116. The molecule has 0 saturated heterocycles. The number of ketones is 1. The Hall–Kier alpha value is -1.02. The fourth-order valence-corrected chi connectivity index (χ4v) is 1.17. The first-order valence-corrected chi connectivity index (χ1v) is 4.68. The second kappa shape index (κ2) is 4.87. The zero-order valence-electron chi connectivity index (χ0n) is 7.29. The van der Waals surface area contributed by atoms with Gasteiger partial charge in [0.25, 0.3) is 0 Å². The van der Waals surface area contributed by atoms with Gasteiger partial charge >= 0.3 is 0 Å². The largest absolute Gasteiger partial charge is 0.399 e. The Morgan fingerprint density at radius 2 is 1.92 bits per heavy atom. The quantitative estimate of drug-likeness (QED) is 0.593. The SMILES string of the molecule is Nc1ccc(CCC(=O)CCl)cc1. The van der Waals surface area contributed by atoms with Crippen molar-refractivity contribution in [3.05, 3.63) is 29.8 Å². The maximum Gasteiger partial charge on any atom is 0.147 e. The first-order chi connectivity index (χ1) is 6.22. The van der Waals surface area contributed by atoms with E-state index in [9.17, 15) is 4.79 Å². The van der Waals surface area contributed by atoms with E-state index in [1.807, 2.05) is 24.3 Å². The molecule has 0 aliphatic rings. The molecule has 0 aliphatic heterocycles. The molecule has 0 aliphatic carbocycles. The average Bonchev–Trinajstić information content (AvgIpc) is 2.16. The molecule has 70 valence electrons. The van der Waals surface area contributed by atoms with Crippen LogP contribution in [-0.2, 0) is 11.2 Å². The predicted octanol–water partition coefficient (Wildman–Crippen LogP) is 2.01. The topological polar surface area (TPSA) is 43.1 Å². The molecule has 0 saturated carbocycles. The number of rotatable bonds is 4. The summed E-state index contributed by atoms with van der Waals surface area (Å²) in [6.45, 7) is 0. The number of anilines is 1. The van der Waals surface area contributed by atoms with E-state index in [0.29, 0.717) is 6.42 Å². The van der Waals surface area contributed by atoms with Crippen molar-refractivity contribution in [2.24, 2.45) is 0 Å². The van der Waals surface area contributed by atoms with E-state index in [4.69, 9.17) is 17.3 Å². The molecule has 0 spiro atoms. The van der Waals surface area contributed by atoms with Crippen molar-refractivity contribution < 1.29 is 4.79 Å². The van der Waals surface area contributed by atoms with Crippen LogP contribution in [0.2, 0.25) is 0 Å². The zero-order chi connectivity index (χ0) is 9.68. The second-order valence-electron chi connectivity index (χ2n) is 2.91. The van der Waals surface area contributed by atoms with Crippen molar-refractivity contribution in [1.29, 1.82) is 0 Å². The lowest BCUT2D eigenvalue weighted by atomic mass is 10.1. The molecule has 0 unspecified atom stereocenters. The smallest absolute Gasteiger partial charge is 0.147 e. The summed E-state index contributed by atoms with van der Waals surface area (Å²) in [5, 5.41) is 0. The summed E-state index contributed by atoms with van der Waals surface area (Å²) in [4.78, 5) is 10.9. The van der Waals surface area contributed by atoms with Crippen molar-refractivity contribution in [3.63, 3.8) is 0 Å². The highest BCUT2D eigenvalue weighted by molar-refractivity contribution is 6.27. The number of carbonyl (C=O) groups excluding carboxylic acids is 1. The van der Waals surface area contributed by atoms with Crippen LogP contribution in [0.1, 0.15) is 12.0 Å². The monoisotopic (exact) mass is 197 g/mol. The Morgan fingerprint density at radius 3 is 2.46 bits per heavy atom. The molecule has 0 atom stereocenters. The number of benzene rings is 1. The molecule has 0 aromatic heterocycles. The summed E-state index contributed by atoms with van der Waals surface area (Å²) in [5.41, 5.74) is 7.38. The molecule has 1 rings (SSSR count). The summed E-state index contributed by atoms with van der Waals surface area (Å²) in [7, 11) is 0. The predicted molar refractivity (Wildman–Crippen MR) is 54.9 cm³/mol. The fourth-order valence-electron chi connectivity index (χ4n) is 1.03. The van der Waals surface area contributed by atoms with Gasteiger partial charge in [-0.05, 0) is 24.1 Å². The standard InChI is InChI=1S/C10H12ClNO/c11-7-10(13)6-3-8-1-4-9(12)5-2-8/h1-2,4-5H,3,6-7,12H2. The number of hydrogen-bond donors (Lipinski definition) is 1. The van der Waals surface area contributed by atoms with Gasteiger partial charge in [-0.2, -0.15) is 0 Å². The van der Waals surface area contributed by atoms with E-state index in [1.54, 1.807) is 0 Å². The summed E-state index contributed by atoms with van der Waals surface area (Å²) in [6.07, 6.45) is 1.25. The summed E-state index contributed by atoms with van der Waals surface area (Å²) in [5.74, 6) is 0.188. The molecule has 2 nitrogen and oxygen atoms in total. The first-order valence-electron chi connectivity index (χ1n) is 4.14. The van der Waals surface area contributed by atoms with E-state index in [-0.39, 0.29) is 11.7 Å². The molecular weight excluding hydrogens is 186 g/mol. The molecule has 0 bridgehead atoms.